The van der Waals surface area contributed by atoms with Crippen molar-refractivity contribution >= 4 is 21.6 Å². The molecule has 0 spiro atoms. The second-order valence-electron chi connectivity index (χ2n) is 3.84. The van der Waals surface area contributed by atoms with Crippen molar-refractivity contribution in [3.8, 4) is 0 Å². The van der Waals surface area contributed by atoms with Gasteiger partial charge in [0, 0.05) is 23.3 Å². The van der Waals surface area contributed by atoms with Gasteiger partial charge in [-0.2, -0.15) is 0 Å². The molecule has 1 aromatic rings. The summed E-state index contributed by atoms with van der Waals surface area (Å²) in [6, 6.07) is 6.55. The minimum absolute atomic E-state index is 0.203. The van der Waals surface area contributed by atoms with Gasteiger partial charge in [0.15, 0.2) is 0 Å². The lowest BCUT2D eigenvalue weighted by Gasteiger charge is -2.21. The lowest BCUT2D eigenvalue weighted by Crippen LogP contribution is -2.29. The molecule has 2 unspecified atom stereocenters. The summed E-state index contributed by atoms with van der Waals surface area (Å²) < 4.78 is 6.41. The van der Waals surface area contributed by atoms with E-state index >= 15 is 0 Å². The van der Waals surface area contributed by atoms with Crippen LogP contribution in [0.2, 0.25) is 0 Å². The summed E-state index contributed by atoms with van der Waals surface area (Å²) in [5.74, 6) is 0. The summed E-state index contributed by atoms with van der Waals surface area (Å²) in [4.78, 5) is 0. The number of halogens is 1. The first-order valence-corrected chi connectivity index (χ1v) is 5.89. The quantitative estimate of drug-likeness (QED) is 0.904. The van der Waals surface area contributed by atoms with E-state index in [2.05, 4.69) is 60.2 Å². The molecule has 0 heterocycles. The first-order chi connectivity index (χ1) is 7.04. The number of anilines is 1. The zero-order valence-electron chi connectivity index (χ0n) is 9.67. The number of rotatable bonds is 4. The topological polar surface area (TPSA) is 21.3 Å². The van der Waals surface area contributed by atoms with Crippen LogP contribution in [0.4, 0.5) is 5.69 Å². The van der Waals surface area contributed by atoms with E-state index in [1.807, 2.05) is 0 Å². The molecular formula is C12H18BrNO. The summed E-state index contributed by atoms with van der Waals surface area (Å²) in [7, 11) is 1.73. The maximum Gasteiger partial charge on any atom is 0.0741 e. The molecule has 2 atom stereocenters. The first kappa shape index (κ1) is 12.5. The molecule has 0 fully saturated rings. The number of hydrogen-bond donors (Lipinski definition) is 1. The van der Waals surface area contributed by atoms with E-state index in [1.54, 1.807) is 7.11 Å². The van der Waals surface area contributed by atoms with Gasteiger partial charge in [-0.3, -0.25) is 0 Å². The van der Waals surface area contributed by atoms with E-state index in [4.69, 9.17) is 4.74 Å². The Kier molecular flexibility index (Phi) is 4.61. The summed E-state index contributed by atoms with van der Waals surface area (Å²) in [5.41, 5.74) is 2.37. The Labute approximate surface area is 100 Å². The van der Waals surface area contributed by atoms with Crippen LogP contribution in [0.3, 0.4) is 0 Å². The molecule has 1 N–H and O–H groups in total. The fourth-order valence-corrected chi connectivity index (χ4v) is 1.57. The van der Waals surface area contributed by atoms with Gasteiger partial charge in [-0.05, 0) is 44.5 Å². The third kappa shape index (κ3) is 3.50. The van der Waals surface area contributed by atoms with Crippen molar-refractivity contribution in [3.63, 3.8) is 0 Å². The van der Waals surface area contributed by atoms with Crippen molar-refractivity contribution in [1.29, 1.82) is 0 Å². The van der Waals surface area contributed by atoms with Crippen LogP contribution in [0, 0.1) is 6.92 Å². The van der Waals surface area contributed by atoms with Crippen LogP contribution >= 0.6 is 15.9 Å². The third-order valence-electron chi connectivity index (χ3n) is 2.63. The maximum absolute atomic E-state index is 5.27. The molecule has 0 aliphatic rings. The summed E-state index contributed by atoms with van der Waals surface area (Å²) in [6.45, 7) is 6.26. The van der Waals surface area contributed by atoms with Gasteiger partial charge in [0.2, 0.25) is 0 Å². The first-order valence-electron chi connectivity index (χ1n) is 5.10. The highest BCUT2D eigenvalue weighted by molar-refractivity contribution is 9.10. The van der Waals surface area contributed by atoms with Gasteiger partial charge in [-0.1, -0.05) is 15.9 Å². The molecule has 1 aromatic carbocycles. The fraction of sp³-hybridized carbons (Fsp3) is 0.500. The summed E-state index contributed by atoms with van der Waals surface area (Å²) >= 11 is 3.49. The van der Waals surface area contributed by atoms with Crippen LogP contribution in [0.25, 0.3) is 0 Å². The van der Waals surface area contributed by atoms with Gasteiger partial charge >= 0.3 is 0 Å². The van der Waals surface area contributed by atoms with Crippen molar-refractivity contribution in [2.75, 3.05) is 12.4 Å². The zero-order chi connectivity index (χ0) is 11.4. The minimum atomic E-state index is 0.203. The molecule has 15 heavy (non-hydrogen) atoms. The molecule has 0 aromatic heterocycles. The number of methoxy groups -OCH3 is 1. The molecule has 3 heteroatoms. The highest BCUT2D eigenvalue weighted by Crippen LogP contribution is 2.20. The molecule has 0 saturated heterocycles. The van der Waals surface area contributed by atoms with Crippen LogP contribution in [0.15, 0.2) is 22.7 Å². The molecule has 1 rings (SSSR count). The number of ether oxygens (including phenoxy) is 1. The van der Waals surface area contributed by atoms with Gasteiger partial charge in [-0.25, -0.2) is 0 Å². The van der Waals surface area contributed by atoms with Crippen LogP contribution in [0.1, 0.15) is 19.4 Å². The van der Waals surface area contributed by atoms with E-state index in [9.17, 15) is 0 Å². The highest BCUT2D eigenvalue weighted by Gasteiger charge is 2.10. The maximum atomic E-state index is 5.27. The van der Waals surface area contributed by atoms with E-state index in [-0.39, 0.29) is 6.10 Å². The number of benzene rings is 1. The molecular weight excluding hydrogens is 254 g/mol. The molecule has 0 aliphatic heterocycles. The lowest BCUT2D eigenvalue weighted by atomic mass is 10.1. The number of hydrogen-bond acceptors (Lipinski definition) is 2. The highest BCUT2D eigenvalue weighted by atomic mass is 79.9. The average Bonchev–Trinajstić information content (AvgIpc) is 2.22. The van der Waals surface area contributed by atoms with Crippen LogP contribution < -0.4 is 5.32 Å². The standard InChI is InChI=1S/C12H18BrNO/c1-8-7-11(5-6-12(8)13)14-9(2)10(3)15-4/h5-7,9-10,14H,1-4H3. The Balaban J connectivity index is 2.68. The van der Waals surface area contributed by atoms with Gasteiger partial charge in [-0.15, -0.1) is 0 Å². The molecule has 84 valence electrons. The normalized spacial score (nSPS) is 14.7. The second kappa shape index (κ2) is 5.52. The van der Waals surface area contributed by atoms with E-state index in [0.29, 0.717) is 6.04 Å². The van der Waals surface area contributed by atoms with Crippen molar-refractivity contribution in [3.05, 3.63) is 28.2 Å². The zero-order valence-corrected chi connectivity index (χ0v) is 11.3. The Morgan fingerprint density at radius 2 is 2.00 bits per heavy atom. The van der Waals surface area contributed by atoms with E-state index < -0.39 is 0 Å². The number of aryl methyl sites for hydroxylation is 1. The molecule has 2 nitrogen and oxygen atoms in total. The molecule has 0 saturated carbocycles. The van der Waals surface area contributed by atoms with Crippen molar-refractivity contribution in [1.82, 2.24) is 0 Å². The van der Waals surface area contributed by atoms with Crippen molar-refractivity contribution in [2.45, 2.75) is 32.9 Å². The number of nitrogens with one attached hydrogen (secondary N) is 1. The Hall–Kier alpha value is -0.540. The van der Waals surface area contributed by atoms with Gasteiger partial charge in [0.1, 0.15) is 0 Å². The molecule has 0 bridgehead atoms. The van der Waals surface area contributed by atoms with E-state index in [1.165, 1.54) is 5.56 Å². The Morgan fingerprint density at radius 1 is 1.33 bits per heavy atom. The summed E-state index contributed by atoms with van der Waals surface area (Å²) in [6.07, 6.45) is 0.203. The van der Waals surface area contributed by atoms with Gasteiger partial charge in [0.05, 0.1) is 6.10 Å². The van der Waals surface area contributed by atoms with Gasteiger partial charge < -0.3 is 10.1 Å². The lowest BCUT2D eigenvalue weighted by molar-refractivity contribution is 0.106. The molecule has 0 amide bonds. The van der Waals surface area contributed by atoms with Crippen LogP contribution in [-0.2, 0) is 4.74 Å². The smallest absolute Gasteiger partial charge is 0.0741 e. The van der Waals surface area contributed by atoms with Gasteiger partial charge in [0.25, 0.3) is 0 Å². The predicted molar refractivity (Wildman–Crippen MR) is 68.4 cm³/mol. The Morgan fingerprint density at radius 3 is 2.53 bits per heavy atom. The SMILES string of the molecule is COC(C)C(C)Nc1ccc(Br)c(C)c1. The largest absolute Gasteiger partial charge is 0.380 e. The third-order valence-corrected chi connectivity index (χ3v) is 3.52. The van der Waals surface area contributed by atoms with E-state index in [0.717, 1.165) is 10.2 Å². The van der Waals surface area contributed by atoms with Crippen LogP contribution in [-0.4, -0.2) is 19.3 Å². The fourth-order valence-electron chi connectivity index (χ4n) is 1.32. The molecule has 0 radical (unpaired) electrons. The average molecular weight is 272 g/mol. The minimum Gasteiger partial charge on any atom is -0.380 e. The second-order valence-corrected chi connectivity index (χ2v) is 4.69. The van der Waals surface area contributed by atoms with Crippen molar-refractivity contribution < 1.29 is 4.74 Å². The Bertz CT molecular complexity index is 327. The monoisotopic (exact) mass is 271 g/mol. The molecule has 0 aliphatic carbocycles. The predicted octanol–water partition coefficient (Wildman–Crippen LogP) is 3.59. The summed E-state index contributed by atoms with van der Waals surface area (Å²) in [5, 5.41) is 3.41. The van der Waals surface area contributed by atoms with Crippen molar-refractivity contribution in [2.24, 2.45) is 0 Å². The van der Waals surface area contributed by atoms with Crippen LogP contribution in [0.5, 0.6) is 0 Å².